The first kappa shape index (κ1) is 8.41. The van der Waals surface area contributed by atoms with Crippen LogP contribution in [-0.4, -0.2) is 11.7 Å². The van der Waals surface area contributed by atoms with Crippen LogP contribution in [0, 0.1) is 0 Å². The molecule has 0 bridgehead atoms. The van der Waals surface area contributed by atoms with Gasteiger partial charge >= 0.3 is 0 Å². The van der Waals surface area contributed by atoms with Crippen LogP contribution in [0.1, 0.15) is 5.56 Å². The van der Waals surface area contributed by atoms with Crippen molar-refractivity contribution >= 4 is 0 Å². The first-order valence-electron chi connectivity index (χ1n) is 5.02. The van der Waals surface area contributed by atoms with Crippen molar-refractivity contribution < 1.29 is 9.84 Å². The number of benzene rings is 1. The number of ether oxygens (including phenoxy) is 1. The van der Waals surface area contributed by atoms with Gasteiger partial charge in [0.05, 0.1) is 6.61 Å². The average molecular weight is 199 g/mol. The average Bonchev–Trinajstić information content (AvgIpc) is 2.48. The molecule has 2 aromatic rings. The third-order valence-corrected chi connectivity index (χ3v) is 2.66. The summed E-state index contributed by atoms with van der Waals surface area (Å²) in [5.41, 5.74) is 3.56. The fourth-order valence-electron chi connectivity index (χ4n) is 1.91. The molecule has 0 saturated carbocycles. The largest absolute Gasteiger partial charge is 0.493 e. The first-order chi connectivity index (χ1) is 7.45. The monoisotopic (exact) mass is 199 g/mol. The highest BCUT2D eigenvalue weighted by Gasteiger charge is 2.16. The third kappa shape index (κ3) is 1.36. The Kier molecular flexibility index (Phi) is 1.88. The molecule has 0 saturated heterocycles. The lowest BCUT2D eigenvalue weighted by molar-refractivity contribution is -0.455. The Labute approximate surface area is 87.7 Å². The Morgan fingerprint density at radius 2 is 2.13 bits per heavy atom. The van der Waals surface area contributed by atoms with Crippen LogP contribution in [0.2, 0.25) is 0 Å². The molecule has 1 aliphatic rings. The highest BCUT2D eigenvalue weighted by Crippen LogP contribution is 2.33. The number of hydrogen-bond donors (Lipinski definition) is 0. The van der Waals surface area contributed by atoms with Gasteiger partial charge < -0.3 is 4.74 Å². The number of aromatic amines is 1. The Hall–Kier alpha value is -1.90. The predicted octanol–water partition coefficient (Wildman–Crippen LogP) is 1.50. The summed E-state index contributed by atoms with van der Waals surface area (Å²) in [6, 6.07) is 8.09. The molecule has 1 aromatic heterocycles. The van der Waals surface area contributed by atoms with Crippen molar-refractivity contribution in [1.29, 1.82) is 0 Å². The highest BCUT2D eigenvalue weighted by molar-refractivity contribution is 5.72. The maximum Gasteiger partial charge on any atom is 0.197 e. The fourth-order valence-corrected chi connectivity index (χ4v) is 1.91. The summed E-state index contributed by atoms with van der Waals surface area (Å²) < 4.78 is 5.69. The number of H-pyrrole nitrogens is 1. The molecule has 0 amide bonds. The number of fused-ring (bicyclic) bond motifs is 3. The van der Waals surface area contributed by atoms with Gasteiger partial charge in [0.2, 0.25) is 0 Å². The summed E-state index contributed by atoms with van der Waals surface area (Å²) in [5.74, 6) is 0.948. The van der Waals surface area contributed by atoms with Crippen molar-refractivity contribution in [3.63, 3.8) is 0 Å². The molecule has 15 heavy (non-hydrogen) atoms. The molecule has 1 N–H and O–H groups in total. The molecule has 0 aliphatic carbocycles. The van der Waals surface area contributed by atoms with Crippen LogP contribution in [0.3, 0.4) is 0 Å². The minimum absolute atomic E-state index is 0.724. The Bertz CT molecular complexity index is 451. The number of nitrogens with zero attached hydrogens (tertiary/aromatic N) is 1. The molecule has 3 rings (SSSR count). The van der Waals surface area contributed by atoms with E-state index < -0.39 is 0 Å². The summed E-state index contributed by atoms with van der Waals surface area (Å²) in [6.45, 7) is 0.724. The van der Waals surface area contributed by atoms with Gasteiger partial charge in [-0.25, -0.2) is 0 Å². The maximum atomic E-state index is 5.69. The van der Waals surface area contributed by atoms with Crippen LogP contribution in [-0.2, 0) is 6.42 Å². The van der Waals surface area contributed by atoms with Gasteiger partial charge in [0, 0.05) is 23.1 Å². The molecule has 0 unspecified atom stereocenters. The van der Waals surface area contributed by atoms with Gasteiger partial charge in [-0.3, -0.25) is 0 Å². The highest BCUT2D eigenvalue weighted by atomic mass is 16.5. The van der Waals surface area contributed by atoms with Crippen molar-refractivity contribution in [2.75, 3.05) is 6.61 Å². The van der Waals surface area contributed by atoms with E-state index >= 15 is 0 Å². The summed E-state index contributed by atoms with van der Waals surface area (Å²) in [7, 11) is 0. The van der Waals surface area contributed by atoms with E-state index in [1.165, 1.54) is 11.1 Å². The normalized spacial score (nSPS) is 13.3. The molecule has 0 spiro atoms. The Balaban J connectivity index is 2.27. The molecular formula is C12H11N2O+. The van der Waals surface area contributed by atoms with Crippen molar-refractivity contribution in [3.05, 3.63) is 42.2 Å². The second-order valence-corrected chi connectivity index (χ2v) is 3.57. The lowest BCUT2D eigenvalue weighted by atomic mass is 10.0. The van der Waals surface area contributed by atoms with E-state index in [4.69, 9.17) is 4.74 Å². The smallest absolute Gasteiger partial charge is 0.197 e. The second-order valence-electron chi connectivity index (χ2n) is 3.57. The zero-order valence-corrected chi connectivity index (χ0v) is 8.23. The van der Waals surface area contributed by atoms with E-state index in [0.29, 0.717) is 0 Å². The topological polar surface area (TPSA) is 36.3 Å². The Morgan fingerprint density at radius 1 is 1.20 bits per heavy atom. The molecular weight excluding hydrogens is 188 g/mol. The SMILES string of the molecule is c1ccc2c(c1)OCCc1c[nH+]ncc1-2. The van der Waals surface area contributed by atoms with E-state index in [-0.39, 0.29) is 0 Å². The lowest BCUT2D eigenvalue weighted by Gasteiger charge is -2.05. The van der Waals surface area contributed by atoms with Crippen LogP contribution in [0.5, 0.6) is 5.75 Å². The molecule has 3 nitrogen and oxygen atoms in total. The van der Waals surface area contributed by atoms with Crippen molar-refractivity contribution in [3.8, 4) is 16.9 Å². The van der Waals surface area contributed by atoms with E-state index in [1.54, 1.807) is 0 Å². The van der Waals surface area contributed by atoms with Gasteiger partial charge in [0.15, 0.2) is 6.20 Å². The second kappa shape index (κ2) is 3.35. The van der Waals surface area contributed by atoms with Crippen molar-refractivity contribution in [2.24, 2.45) is 0 Å². The van der Waals surface area contributed by atoms with Gasteiger partial charge in [0.1, 0.15) is 11.9 Å². The maximum absolute atomic E-state index is 5.69. The zero-order chi connectivity index (χ0) is 10.1. The third-order valence-electron chi connectivity index (χ3n) is 2.66. The van der Waals surface area contributed by atoms with Gasteiger partial charge in [-0.15, -0.1) is 5.10 Å². The summed E-state index contributed by atoms with van der Waals surface area (Å²) >= 11 is 0. The zero-order valence-electron chi connectivity index (χ0n) is 8.23. The van der Waals surface area contributed by atoms with E-state index in [9.17, 15) is 0 Å². The Morgan fingerprint density at radius 3 is 3.13 bits per heavy atom. The number of para-hydroxylation sites is 1. The van der Waals surface area contributed by atoms with Crippen LogP contribution in [0.15, 0.2) is 36.7 Å². The van der Waals surface area contributed by atoms with Gasteiger partial charge in [-0.1, -0.05) is 18.2 Å². The number of hydrogen-bond acceptors (Lipinski definition) is 2. The first-order valence-corrected chi connectivity index (χ1v) is 5.02. The van der Waals surface area contributed by atoms with Crippen molar-refractivity contribution in [2.45, 2.75) is 6.42 Å². The van der Waals surface area contributed by atoms with E-state index in [2.05, 4.69) is 16.3 Å². The minimum atomic E-state index is 0.724. The molecule has 0 atom stereocenters. The molecule has 0 fully saturated rings. The van der Waals surface area contributed by atoms with E-state index in [1.807, 2.05) is 30.6 Å². The summed E-state index contributed by atoms with van der Waals surface area (Å²) in [4.78, 5) is 0. The van der Waals surface area contributed by atoms with E-state index in [0.717, 1.165) is 24.3 Å². The van der Waals surface area contributed by atoms with Gasteiger partial charge in [-0.05, 0) is 11.2 Å². The molecule has 2 heterocycles. The number of rotatable bonds is 0. The molecule has 1 aliphatic heterocycles. The molecule has 3 heteroatoms. The van der Waals surface area contributed by atoms with Gasteiger partial charge in [-0.2, -0.15) is 0 Å². The minimum Gasteiger partial charge on any atom is -0.493 e. The van der Waals surface area contributed by atoms with Gasteiger partial charge in [0.25, 0.3) is 0 Å². The number of nitrogens with one attached hydrogen (secondary N) is 1. The standard InChI is InChI=1S/C12H10N2O/c1-2-4-12-10(3-1)11-8-14-13-7-9(11)5-6-15-12/h1-4,7-8H,5-6H2/p+1. The van der Waals surface area contributed by atoms with Crippen LogP contribution < -0.4 is 9.84 Å². The fraction of sp³-hybridized carbons (Fsp3) is 0.167. The van der Waals surface area contributed by atoms with Crippen molar-refractivity contribution in [1.82, 2.24) is 5.10 Å². The van der Waals surface area contributed by atoms with Crippen LogP contribution in [0.4, 0.5) is 0 Å². The lowest BCUT2D eigenvalue weighted by Crippen LogP contribution is -2.09. The quantitative estimate of drug-likeness (QED) is 0.644. The summed E-state index contributed by atoms with van der Waals surface area (Å²) in [5, 5.41) is 6.93. The predicted molar refractivity (Wildman–Crippen MR) is 55.4 cm³/mol. The summed E-state index contributed by atoms with van der Waals surface area (Å²) in [6.07, 6.45) is 4.73. The van der Waals surface area contributed by atoms with Crippen LogP contribution >= 0.6 is 0 Å². The number of aromatic nitrogens is 2. The molecule has 0 radical (unpaired) electrons. The molecule has 74 valence electrons. The van der Waals surface area contributed by atoms with Crippen LogP contribution in [0.25, 0.3) is 11.1 Å². The molecule has 1 aromatic carbocycles.